The molecule has 0 saturated carbocycles. The summed E-state index contributed by atoms with van der Waals surface area (Å²) in [4.78, 5) is 14.0. The number of amides is 1. The zero-order chi connectivity index (χ0) is 17.4. The number of benzene rings is 1. The van der Waals surface area contributed by atoms with Crippen LogP contribution in [0.5, 0.6) is 0 Å². The van der Waals surface area contributed by atoms with E-state index in [4.69, 9.17) is 4.74 Å². The molecule has 1 aromatic rings. The number of aliphatic hydroxyl groups excluding tert-OH is 1. The van der Waals surface area contributed by atoms with E-state index in [1.165, 1.54) is 12.1 Å². The number of aliphatic hydroxyl groups is 1. The summed E-state index contributed by atoms with van der Waals surface area (Å²) in [5.41, 5.74) is -1.17. The predicted molar refractivity (Wildman–Crippen MR) is 80.5 cm³/mol. The maximum Gasteiger partial charge on any atom is 0.416 e. The first-order chi connectivity index (χ1) is 11.3. The maximum atomic E-state index is 12.8. The van der Waals surface area contributed by atoms with Gasteiger partial charge in [0.1, 0.15) is 0 Å². The molecule has 4 nitrogen and oxygen atoms in total. The van der Waals surface area contributed by atoms with Crippen molar-refractivity contribution >= 4 is 5.91 Å². The van der Waals surface area contributed by atoms with Crippen molar-refractivity contribution in [1.29, 1.82) is 0 Å². The predicted octanol–water partition coefficient (Wildman–Crippen LogP) is 2.85. The lowest BCUT2D eigenvalue weighted by molar-refractivity contribution is -0.139. The first kappa shape index (κ1) is 17.2. The van der Waals surface area contributed by atoms with Gasteiger partial charge in [0.2, 0.25) is 0 Å². The Balaban J connectivity index is 1.67. The molecule has 1 unspecified atom stereocenters. The fraction of sp³-hybridized carbons (Fsp3) is 0.588. The number of ether oxygens (including phenoxy) is 1. The Morgan fingerprint density at radius 1 is 1.29 bits per heavy atom. The van der Waals surface area contributed by atoms with E-state index >= 15 is 0 Å². The lowest BCUT2D eigenvalue weighted by Gasteiger charge is -2.45. The number of piperidine rings is 1. The molecule has 2 aliphatic heterocycles. The van der Waals surface area contributed by atoms with Crippen molar-refractivity contribution in [2.24, 2.45) is 0 Å². The lowest BCUT2D eigenvalue weighted by atomic mass is 9.83. The number of nitrogens with zero attached hydrogens (tertiary/aromatic N) is 1. The SMILES string of the molecule is O=C(c1cccc(C(F)(F)F)c1)N1CCC2(CC1)CC(O)CCO2. The molecule has 3 rings (SSSR count). The van der Waals surface area contributed by atoms with E-state index in [0.29, 0.717) is 45.4 Å². The molecule has 132 valence electrons. The number of alkyl halides is 3. The van der Waals surface area contributed by atoms with Crippen molar-refractivity contribution in [1.82, 2.24) is 4.90 Å². The van der Waals surface area contributed by atoms with E-state index in [1.807, 2.05) is 0 Å². The van der Waals surface area contributed by atoms with Gasteiger partial charge in [0, 0.05) is 31.7 Å². The fourth-order valence-corrected chi connectivity index (χ4v) is 3.48. The lowest BCUT2D eigenvalue weighted by Crippen LogP contribution is -2.51. The van der Waals surface area contributed by atoms with Crippen molar-refractivity contribution in [3.63, 3.8) is 0 Å². The Bertz CT molecular complexity index is 609. The van der Waals surface area contributed by atoms with E-state index in [9.17, 15) is 23.1 Å². The van der Waals surface area contributed by atoms with Crippen LogP contribution in [-0.2, 0) is 10.9 Å². The Morgan fingerprint density at radius 2 is 2.00 bits per heavy atom. The monoisotopic (exact) mass is 343 g/mol. The largest absolute Gasteiger partial charge is 0.416 e. The van der Waals surface area contributed by atoms with Crippen molar-refractivity contribution in [3.05, 3.63) is 35.4 Å². The molecule has 7 heteroatoms. The molecule has 24 heavy (non-hydrogen) atoms. The van der Waals surface area contributed by atoms with E-state index in [0.717, 1.165) is 12.1 Å². The van der Waals surface area contributed by atoms with Gasteiger partial charge in [-0.3, -0.25) is 4.79 Å². The summed E-state index contributed by atoms with van der Waals surface area (Å²) < 4.78 is 44.2. The second-order valence-electron chi connectivity index (χ2n) is 6.55. The fourth-order valence-electron chi connectivity index (χ4n) is 3.48. The molecular weight excluding hydrogens is 323 g/mol. The normalized spacial score (nSPS) is 24.2. The van der Waals surface area contributed by atoms with Gasteiger partial charge in [-0.2, -0.15) is 13.2 Å². The minimum Gasteiger partial charge on any atom is -0.393 e. The summed E-state index contributed by atoms with van der Waals surface area (Å²) in [7, 11) is 0. The molecular formula is C17H20F3NO3. The van der Waals surface area contributed by atoms with Crippen LogP contribution in [0.4, 0.5) is 13.2 Å². The van der Waals surface area contributed by atoms with Crippen molar-refractivity contribution in [2.75, 3.05) is 19.7 Å². The highest BCUT2D eigenvalue weighted by Crippen LogP contribution is 2.35. The molecule has 2 aliphatic rings. The van der Waals surface area contributed by atoms with E-state index in [1.54, 1.807) is 4.90 Å². The average Bonchev–Trinajstić information content (AvgIpc) is 2.54. The molecule has 1 spiro atoms. The minimum atomic E-state index is -4.46. The van der Waals surface area contributed by atoms with Gasteiger partial charge in [-0.05, 0) is 37.5 Å². The van der Waals surface area contributed by atoms with Crippen molar-refractivity contribution in [3.8, 4) is 0 Å². The molecule has 1 aromatic carbocycles. The summed E-state index contributed by atoms with van der Waals surface area (Å²) in [6.07, 6.45) is -2.49. The number of carbonyl (C=O) groups is 1. The Kier molecular flexibility index (Phi) is 4.57. The van der Waals surface area contributed by atoms with Gasteiger partial charge in [-0.15, -0.1) is 0 Å². The molecule has 1 N–H and O–H groups in total. The number of rotatable bonds is 1. The van der Waals surface area contributed by atoms with Crippen LogP contribution in [0.1, 0.15) is 41.6 Å². The first-order valence-electron chi connectivity index (χ1n) is 8.08. The van der Waals surface area contributed by atoms with Gasteiger partial charge in [0.05, 0.1) is 17.3 Å². The van der Waals surface area contributed by atoms with Gasteiger partial charge < -0.3 is 14.7 Å². The molecule has 0 bridgehead atoms. The Morgan fingerprint density at radius 3 is 2.62 bits per heavy atom. The Labute approximate surface area is 138 Å². The van der Waals surface area contributed by atoms with Crippen molar-refractivity contribution in [2.45, 2.75) is 43.6 Å². The summed E-state index contributed by atoms with van der Waals surface area (Å²) in [6.45, 7) is 1.34. The topological polar surface area (TPSA) is 49.8 Å². The number of halogens is 3. The summed E-state index contributed by atoms with van der Waals surface area (Å²) in [6, 6.07) is 4.51. The van der Waals surface area contributed by atoms with Crippen LogP contribution in [0.2, 0.25) is 0 Å². The van der Waals surface area contributed by atoms with Crippen LogP contribution in [0.25, 0.3) is 0 Å². The van der Waals surface area contributed by atoms with E-state index in [2.05, 4.69) is 0 Å². The van der Waals surface area contributed by atoms with Crippen LogP contribution in [0, 0.1) is 0 Å². The van der Waals surface area contributed by atoms with Gasteiger partial charge >= 0.3 is 6.18 Å². The number of hydrogen-bond acceptors (Lipinski definition) is 3. The number of likely N-dealkylation sites (tertiary alicyclic amines) is 1. The smallest absolute Gasteiger partial charge is 0.393 e. The number of carbonyl (C=O) groups excluding carboxylic acids is 1. The molecule has 0 aromatic heterocycles. The van der Waals surface area contributed by atoms with E-state index in [-0.39, 0.29) is 11.7 Å². The van der Waals surface area contributed by atoms with Gasteiger partial charge in [0.15, 0.2) is 0 Å². The maximum absolute atomic E-state index is 12.8. The van der Waals surface area contributed by atoms with E-state index < -0.39 is 23.2 Å². The van der Waals surface area contributed by atoms with Crippen LogP contribution >= 0.6 is 0 Å². The third-order valence-corrected chi connectivity index (χ3v) is 4.87. The Hall–Kier alpha value is -1.60. The zero-order valence-corrected chi connectivity index (χ0v) is 13.2. The van der Waals surface area contributed by atoms with Gasteiger partial charge in [-0.25, -0.2) is 0 Å². The highest BCUT2D eigenvalue weighted by atomic mass is 19.4. The average molecular weight is 343 g/mol. The highest BCUT2D eigenvalue weighted by Gasteiger charge is 2.41. The second kappa shape index (κ2) is 6.37. The molecule has 1 atom stereocenters. The molecule has 0 aliphatic carbocycles. The van der Waals surface area contributed by atoms with Crippen LogP contribution in [-0.4, -0.2) is 47.3 Å². The van der Waals surface area contributed by atoms with Crippen LogP contribution in [0.15, 0.2) is 24.3 Å². The first-order valence-corrected chi connectivity index (χ1v) is 8.08. The molecule has 2 saturated heterocycles. The minimum absolute atomic E-state index is 0.0466. The summed E-state index contributed by atoms with van der Waals surface area (Å²) in [5.74, 6) is -0.396. The quantitative estimate of drug-likeness (QED) is 0.853. The molecule has 1 amide bonds. The van der Waals surface area contributed by atoms with Crippen LogP contribution < -0.4 is 0 Å². The second-order valence-corrected chi connectivity index (χ2v) is 6.55. The zero-order valence-electron chi connectivity index (χ0n) is 13.2. The van der Waals surface area contributed by atoms with Crippen LogP contribution in [0.3, 0.4) is 0 Å². The third kappa shape index (κ3) is 3.57. The summed E-state index contributed by atoms with van der Waals surface area (Å²) in [5, 5.41) is 9.82. The van der Waals surface area contributed by atoms with Gasteiger partial charge in [-0.1, -0.05) is 6.07 Å². The third-order valence-electron chi connectivity index (χ3n) is 4.87. The molecule has 2 fully saturated rings. The molecule has 0 radical (unpaired) electrons. The standard InChI is InChI=1S/C17H20F3NO3/c18-17(19,20)13-3-1-2-12(10-13)15(23)21-7-5-16(6-8-21)11-14(22)4-9-24-16/h1-3,10,14,22H,4-9,11H2. The van der Waals surface area contributed by atoms with Gasteiger partial charge in [0.25, 0.3) is 5.91 Å². The number of hydrogen-bond donors (Lipinski definition) is 1. The highest BCUT2D eigenvalue weighted by molar-refractivity contribution is 5.94. The molecule has 2 heterocycles. The van der Waals surface area contributed by atoms with Crippen molar-refractivity contribution < 1.29 is 27.8 Å². The summed E-state index contributed by atoms with van der Waals surface area (Å²) >= 11 is 0.